The van der Waals surface area contributed by atoms with E-state index >= 15 is 0 Å². The van der Waals surface area contributed by atoms with Crippen LogP contribution in [0.3, 0.4) is 0 Å². The first-order valence-corrected chi connectivity index (χ1v) is 14.5. The number of carbonyl (C=O) groups is 1. The molecule has 4 aromatic rings. The Morgan fingerprint density at radius 1 is 0.917 bits per heavy atom. The number of nitrogens with one attached hydrogen (secondary N) is 3. The molecule has 0 aliphatic carbocycles. The Morgan fingerprint density at radius 2 is 1.58 bits per heavy atom. The van der Waals surface area contributed by atoms with Crippen molar-refractivity contribution in [2.45, 2.75) is 23.1 Å². The van der Waals surface area contributed by atoms with Gasteiger partial charge in [0, 0.05) is 29.4 Å². The summed E-state index contributed by atoms with van der Waals surface area (Å²) in [5, 5.41) is 3.31. The summed E-state index contributed by atoms with van der Waals surface area (Å²) in [6, 6.07) is 19.2. The average Bonchev–Trinajstić information content (AvgIpc) is 3.19. The number of H-pyrrole nitrogens is 1. The highest BCUT2D eigenvalue weighted by Gasteiger charge is 2.20. The zero-order valence-electron chi connectivity index (χ0n) is 19.6. The van der Waals surface area contributed by atoms with E-state index < -0.39 is 26.0 Å². The van der Waals surface area contributed by atoms with Crippen LogP contribution in [0.5, 0.6) is 5.88 Å². The first kappa shape index (κ1) is 25.3. The minimum absolute atomic E-state index is 0.0261. The van der Waals surface area contributed by atoms with E-state index in [1.807, 2.05) is 37.3 Å². The maximum Gasteiger partial charge on any atom is 0.413 e. The number of benzene rings is 3. The van der Waals surface area contributed by atoms with Crippen LogP contribution in [0.4, 0.5) is 10.5 Å². The van der Waals surface area contributed by atoms with Crippen LogP contribution in [-0.2, 0) is 19.9 Å². The third-order valence-corrected chi connectivity index (χ3v) is 7.88. The van der Waals surface area contributed by atoms with Crippen LogP contribution in [0.1, 0.15) is 13.3 Å². The lowest BCUT2D eigenvalue weighted by molar-refractivity contribution is 0.199. The van der Waals surface area contributed by atoms with Gasteiger partial charge in [-0.25, -0.2) is 21.6 Å². The van der Waals surface area contributed by atoms with E-state index in [-0.39, 0.29) is 21.4 Å². The summed E-state index contributed by atoms with van der Waals surface area (Å²) >= 11 is 0. The second-order valence-electron chi connectivity index (χ2n) is 8.12. The molecule has 188 valence electrons. The largest absolute Gasteiger partial charge is 0.413 e. The van der Waals surface area contributed by atoms with Gasteiger partial charge in [-0.2, -0.15) is 0 Å². The summed E-state index contributed by atoms with van der Waals surface area (Å²) in [5.74, 6) is 0.237. The first-order valence-electron chi connectivity index (χ1n) is 11.1. The van der Waals surface area contributed by atoms with Crippen molar-refractivity contribution in [2.24, 2.45) is 0 Å². The number of sulfonamides is 1. The highest BCUT2D eigenvalue weighted by atomic mass is 32.2. The van der Waals surface area contributed by atoms with Gasteiger partial charge in [0.05, 0.1) is 15.4 Å². The summed E-state index contributed by atoms with van der Waals surface area (Å²) in [6.45, 7) is 2.40. The van der Waals surface area contributed by atoms with Crippen LogP contribution in [0.2, 0.25) is 0 Å². The van der Waals surface area contributed by atoms with Crippen LogP contribution in [0.25, 0.3) is 22.0 Å². The zero-order chi connectivity index (χ0) is 25.9. The van der Waals surface area contributed by atoms with Gasteiger partial charge in [0.15, 0.2) is 9.84 Å². The predicted molar refractivity (Wildman–Crippen MR) is 138 cm³/mol. The number of fused-ring (bicyclic) bond motifs is 1. The molecule has 1 amide bonds. The Bertz CT molecular complexity index is 1610. The maximum absolute atomic E-state index is 13.0. The van der Waals surface area contributed by atoms with Gasteiger partial charge in [-0.15, -0.1) is 0 Å². The Morgan fingerprint density at radius 3 is 2.22 bits per heavy atom. The third-order valence-electron chi connectivity index (χ3n) is 5.36. The summed E-state index contributed by atoms with van der Waals surface area (Å²) in [4.78, 5) is 15.3. The number of sulfone groups is 1. The lowest BCUT2D eigenvalue weighted by atomic mass is 10.0. The topological polar surface area (TPSA) is 134 Å². The van der Waals surface area contributed by atoms with Gasteiger partial charge in [0.1, 0.15) is 0 Å². The average molecular weight is 528 g/mol. The number of aromatic amines is 1. The van der Waals surface area contributed by atoms with E-state index in [0.717, 1.165) is 18.2 Å². The Balaban J connectivity index is 1.72. The van der Waals surface area contributed by atoms with Gasteiger partial charge in [-0.3, -0.25) is 4.72 Å². The first-order chi connectivity index (χ1) is 17.1. The molecule has 0 fully saturated rings. The van der Waals surface area contributed by atoms with Gasteiger partial charge in [0.2, 0.25) is 5.88 Å². The standard InChI is InChI=1S/C25H25N3O6S2/c1-3-15-26-25(29)34-24-23(17-7-5-4-6-8-17)21-16-18(9-14-22(21)27-24)28-36(32,33)20-12-10-19(11-13-20)35(2,30)31/h4-14,16,27-28H,3,15H2,1-2H3,(H,26,29). The van der Waals surface area contributed by atoms with Crippen molar-refractivity contribution in [3.05, 3.63) is 72.8 Å². The number of rotatable bonds is 8. The normalized spacial score (nSPS) is 11.8. The number of anilines is 1. The van der Waals surface area contributed by atoms with Gasteiger partial charge in [-0.1, -0.05) is 37.3 Å². The van der Waals surface area contributed by atoms with Crippen molar-refractivity contribution in [2.75, 3.05) is 17.5 Å². The molecule has 1 aromatic heterocycles. The molecule has 11 heteroatoms. The lowest BCUT2D eigenvalue weighted by Gasteiger charge is -2.10. The molecule has 0 aliphatic rings. The number of ether oxygens (including phenoxy) is 1. The van der Waals surface area contributed by atoms with Gasteiger partial charge in [0.25, 0.3) is 10.0 Å². The van der Waals surface area contributed by atoms with Crippen molar-refractivity contribution >= 4 is 42.5 Å². The zero-order valence-corrected chi connectivity index (χ0v) is 21.2. The quantitative estimate of drug-likeness (QED) is 0.308. The number of amides is 1. The number of hydrogen-bond donors (Lipinski definition) is 3. The molecule has 0 saturated heterocycles. The molecule has 1 heterocycles. The minimum Gasteiger partial charge on any atom is -0.393 e. The highest BCUT2D eigenvalue weighted by molar-refractivity contribution is 7.92. The van der Waals surface area contributed by atoms with Gasteiger partial charge in [-0.05, 0) is 54.4 Å². The maximum atomic E-state index is 13.0. The van der Waals surface area contributed by atoms with E-state index in [4.69, 9.17) is 4.74 Å². The van der Waals surface area contributed by atoms with Crippen molar-refractivity contribution in [1.82, 2.24) is 10.3 Å². The second-order valence-corrected chi connectivity index (χ2v) is 11.8. The molecule has 3 N–H and O–H groups in total. The molecule has 0 spiro atoms. The SMILES string of the molecule is CCCNC(=O)Oc1[nH]c2ccc(NS(=O)(=O)c3ccc(S(C)(=O)=O)cc3)cc2c1-c1ccccc1. The number of carbonyl (C=O) groups excluding carboxylic acids is 1. The molecule has 0 atom stereocenters. The highest BCUT2D eigenvalue weighted by Crippen LogP contribution is 2.38. The fourth-order valence-corrected chi connectivity index (χ4v) is 5.31. The summed E-state index contributed by atoms with van der Waals surface area (Å²) in [7, 11) is -7.44. The van der Waals surface area contributed by atoms with Crippen LogP contribution in [0, 0.1) is 0 Å². The third kappa shape index (κ3) is 5.52. The monoisotopic (exact) mass is 527 g/mol. The van der Waals surface area contributed by atoms with Crippen LogP contribution in [-0.4, -0.2) is 40.7 Å². The Hall–Kier alpha value is -3.83. The second kappa shape index (κ2) is 10.0. The Kier molecular flexibility index (Phi) is 7.04. The van der Waals surface area contributed by atoms with E-state index in [1.54, 1.807) is 18.2 Å². The molecular formula is C25H25N3O6S2. The van der Waals surface area contributed by atoms with E-state index in [1.165, 1.54) is 24.3 Å². The Labute approximate surface area is 209 Å². The van der Waals surface area contributed by atoms with E-state index in [0.29, 0.717) is 23.0 Å². The lowest BCUT2D eigenvalue weighted by Crippen LogP contribution is -2.27. The number of hydrogen-bond acceptors (Lipinski definition) is 6. The molecule has 4 rings (SSSR count). The van der Waals surface area contributed by atoms with Crippen LogP contribution < -0.4 is 14.8 Å². The summed E-state index contributed by atoms with van der Waals surface area (Å²) in [6.07, 6.45) is 1.21. The van der Waals surface area contributed by atoms with Crippen LogP contribution in [0.15, 0.2) is 82.6 Å². The van der Waals surface area contributed by atoms with E-state index in [9.17, 15) is 21.6 Å². The molecule has 9 nitrogen and oxygen atoms in total. The molecule has 36 heavy (non-hydrogen) atoms. The molecular weight excluding hydrogens is 502 g/mol. The summed E-state index contributed by atoms with van der Waals surface area (Å²) < 4.78 is 57.3. The van der Waals surface area contributed by atoms with Crippen LogP contribution >= 0.6 is 0 Å². The molecule has 0 unspecified atom stereocenters. The van der Waals surface area contributed by atoms with Crippen molar-refractivity contribution in [1.29, 1.82) is 0 Å². The van der Waals surface area contributed by atoms with Crippen molar-refractivity contribution in [3.63, 3.8) is 0 Å². The number of aromatic nitrogens is 1. The smallest absolute Gasteiger partial charge is 0.393 e. The minimum atomic E-state index is -3.99. The predicted octanol–water partition coefficient (Wildman–Crippen LogP) is 4.54. The van der Waals surface area contributed by atoms with Crippen molar-refractivity contribution < 1.29 is 26.4 Å². The van der Waals surface area contributed by atoms with Crippen molar-refractivity contribution in [3.8, 4) is 17.0 Å². The van der Waals surface area contributed by atoms with E-state index in [2.05, 4.69) is 15.0 Å². The van der Waals surface area contributed by atoms with Gasteiger partial charge >= 0.3 is 6.09 Å². The molecule has 0 saturated carbocycles. The fraction of sp³-hybridized carbons (Fsp3) is 0.160. The molecule has 3 aromatic carbocycles. The summed E-state index contributed by atoms with van der Waals surface area (Å²) in [5.41, 5.74) is 2.31. The molecule has 0 aliphatic heterocycles. The molecule has 0 bridgehead atoms. The van der Waals surface area contributed by atoms with Gasteiger partial charge < -0.3 is 15.0 Å². The molecule has 0 radical (unpaired) electrons. The fourth-order valence-electron chi connectivity index (χ4n) is 3.63.